The Labute approximate surface area is 170 Å². The molecule has 0 fully saturated rings. The Morgan fingerprint density at radius 2 is 1.62 bits per heavy atom. The molecule has 6 nitrogen and oxygen atoms in total. The Hall–Kier alpha value is -3.25. The summed E-state index contributed by atoms with van der Waals surface area (Å²) >= 11 is 0. The molecule has 1 atom stereocenters. The SMILES string of the molecule is Cc1onc(-c2ccccc2)c1-c1nnc(CN[C@H](c2ccccc2)C(C)C)o1. The molecule has 0 bridgehead atoms. The third kappa shape index (κ3) is 4.12. The number of aromatic nitrogens is 3. The van der Waals surface area contributed by atoms with Crippen molar-refractivity contribution in [3.05, 3.63) is 77.9 Å². The van der Waals surface area contributed by atoms with Crippen LogP contribution >= 0.6 is 0 Å². The zero-order valence-electron chi connectivity index (χ0n) is 16.8. The molecule has 29 heavy (non-hydrogen) atoms. The fourth-order valence-electron chi connectivity index (χ4n) is 3.44. The zero-order chi connectivity index (χ0) is 20.2. The monoisotopic (exact) mass is 388 g/mol. The van der Waals surface area contributed by atoms with Crippen molar-refractivity contribution in [2.75, 3.05) is 0 Å². The van der Waals surface area contributed by atoms with E-state index in [0.717, 1.165) is 11.1 Å². The summed E-state index contributed by atoms with van der Waals surface area (Å²) in [5.41, 5.74) is 3.62. The minimum Gasteiger partial charge on any atom is -0.419 e. The number of nitrogens with zero attached hydrogens (tertiary/aromatic N) is 3. The second-order valence-electron chi connectivity index (χ2n) is 7.34. The summed E-state index contributed by atoms with van der Waals surface area (Å²) in [6, 6.07) is 20.4. The number of hydrogen-bond donors (Lipinski definition) is 1. The van der Waals surface area contributed by atoms with E-state index in [1.54, 1.807) is 0 Å². The molecule has 1 N–H and O–H groups in total. The zero-order valence-corrected chi connectivity index (χ0v) is 16.8. The molecule has 0 amide bonds. The third-order valence-electron chi connectivity index (χ3n) is 4.89. The van der Waals surface area contributed by atoms with E-state index < -0.39 is 0 Å². The largest absolute Gasteiger partial charge is 0.419 e. The van der Waals surface area contributed by atoms with Gasteiger partial charge in [0.1, 0.15) is 17.0 Å². The molecule has 0 radical (unpaired) electrons. The van der Waals surface area contributed by atoms with Gasteiger partial charge in [-0.1, -0.05) is 79.7 Å². The van der Waals surface area contributed by atoms with E-state index in [1.807, 2.05) is 43.3 Å². The van der Waals surface area contributed by atoms with Crippen molar-refractivity contribution in [3.63, 3.8) is 0 Å². The summed E-state index contributed by atoms with van der Waals surface area (Å²) in [6.07, 6.45) is 0. The van der Waals surface area contributed by atoms with Crippen molar-refractivity contribution in [3.8, 4) is 22.7 Å². The maximum Gasteiger partial charge on any atom is 0.253 e. The van der Waals surface area contributed by atoms with Crippen LogP contribution in [0, 0.1) is 12.8 Å². The second kappa shape index (κ2) is 8.41. The molecule has 2 heterocycles. The quantitative estimate of drug-likeness (QED) is 0.470. The van der Waals surface area contributed by atoms with E-state index in [1.165, 1.54) is 5.56 Å². The van der Waals surface area contributed by atoms with Gasteiger partial charge in [0.05, 0.1) is 6.54 Å². The Morgan fingerprint density at radius 1 is 0.931 bits per heavy atom. The molecule has 0 aliphatic rings. The van der Waals surface area contributed by atoms with Crippen LogP contribution in [-0.2, 0) is 6.54 Å². The van der Waals surface area contributed by atoms with Crippen LogP contribution in [0.1, 0.15) is 37.1 Å². The molecule has 4 aromatic rings. The lowest BCUT2D eigenvalue weighted by Crippen LogP contribution is -2.25. The topological polar surface area (TPSA) is 77.0 Å². The summed E-state index contributed by atoms with van der Waals surface area (Å²) < 4.78 is 11.4. The standard InChI is InChI=1S/C23H24N4O2/c1-15(2)21(17-10-6-4-7-11-17)24-14-19-25-26-23(28-19)20-16(3)29-27-22(20)18-12-8-5-9-13-18/h4-13,15,21,24H,14H2,1-3H3/t21-/m0/s1. The molecular formula is C23H24N4O2. The number of aryl methyl sites for hydroxylation is 1. The Morgan fingerprint density at radius 3 is 2.31 bits per heavy atom. The molecule has 0 unspecified atom stereocenters. The van der Waals surface area contributed by atoms with Gasteiger partial charge in [-0.25, -0.2) is 0 Å². The van der Waals surface area contributed by atoms with Crippen LogP contribution in [0.25, 0.3) is 22.7 Å². The van der Waals surface area contributed by atoms with E-state index in [9.17, 15) is 0 Å². The maximum atomic E-state index is 5.95. The van der Waals surface area contributed by atoms with Crippen LogP contribution in [-0.4, -0.2) is 15.4 Å². The van der Waals surface area contributed by atoms with Crippen molar-refractivity contribution in [1.82, 2.24) is 20.7 Å². The van der Waals surface area contributed by atoms with Gasteiger partial charge >= 0.3 is 0 Å². The van der Waals surface area contributed by atoms with E-state index >= 15 is 0 Å². The van der Waals surface area contributed by atoms with Gasteiger partial charge in [0.25, 0.3) is 5.89 Å². The molecule has 0 saturated heterocycles. The lowest BCUT2D eigenvalue weighted by Gasteiger charge is -2.22. The number of benzene rings is 2. The Kier molecular flexibility index (Phi) is 5.53. The maximum absolute atomic E-state index is 5.95. The lowest BCUT2D eigenvalue weighted by molar-refractivity contribution is 0.379. The van der Waals surface area contributed by atoms with E-state index in [2.05, 4.69) is 58.8 Å². The predicted molar refractivity (Wildman–Crippen MR) is 111 cm³/mol. The summed E-state index contributed by atoms with van der Waals surface area (Å²) in [7, 11) is 0. The minimum atomic E-state index is 0.198. The predicted octanol–water partition coefficient (Wildman–Crippen LogP) is 5.19. The highest BCUT2D eigenvalue weighted by Gasteiger charge is 2.22. The summed E-state index contributed by atoms with van der Waals surface area (Å²) in [6.45, 7) is 6.71. The van der Waals surface area contributed by atoms with Crippen LogP contribution < -0.4 is 5.32 Å². The number of nitrogens with one attached hydrogen (secondary N) is 1. The number of rotatable bonds is 7. The second-order valence-corrected chi connectivity index (χ2v) is 7.34. The van der Waals surface area contributed by atoms with Gasteiger partial charge in [0.15, 0.2) is 0 Å². The van der Waals surface area contributed by atoms with Crippen molar-refractivity contribution < 1.29 is 8.94 Å². The molecule has 6 heteroatoms. The average molecular weight is 388 g/mol. The van der Waals surface area contributed by atoms with E-state index in [0.29, 0.717) is 35.7 Å². The van der Waals surface area contributed by atoms with Crippen LogP contribution in [0.2, 0.25) is 0 Å². The van der Waals surface area contributed by atoms with Crippen molar-refractivity contribution >= 4 is 0 Å². The molecule has 2 aromatic carbocycles. The van der Waals surface area contributed by atoms with Crippen LogP contribution in [0.3, 0.4) is 0 Å². The van der Waals surface area contributed by atoms with Gasteiger partial charge in [-0.05, 0) is 18.4 Å². The van der Waals surface area contributed by atoms with Gasteiger partial charge in [-0.3, -0.25) is 0 Å². The van der Waals surface area contributed by atoms with E-state index in [-0.39, 0.29) is 6.04 Å². The van der Waals surface area contributed by atoms with Gasteiger partial charge in [-0.2, -0.15) is 0 Å². The lowest BCUT2D eigenvalue weighted by atomic mass is 9.96. The van der Waals surface area contributed by atoms with Gasteiger partial charge in [0, 0.05) is 11.6 Å². The highest BCUT2D eigenvalue weighted by atomic mass is 16.5. The first-order valence-corrected chi connectivity index (χ1v) is 9.76. The molecule has 148 valence electrons. The van der Waals surface area contributed by atoms with Crippen molar-refractivity contribution in [1.29, 1.82) is 0 Å². The fourth-order valence-corrected chi connectivity index (χ4v) is 3.44. The smallest absolute Gasteiger partial charge is 0.253 e. The first-order chi connectivity index (χ1) is 14.1. The van der Waals surface area contributed by atoms with Gasteiger partial charge in [0.2, 0.25) is 5.89 Å². The molecule has 0 aliphatic heterocycles. The number of hydrogen-bond acceptors (Lipinski definition) is 6. The summed E-state index contributed by atoms with van der Waals surface area (Å²) in [4.78, 5) is 0. The third-order valence-corrected chi connectivity index (χ3v) is 4.89. The molecule has 2 aromatic heterocycles. The van der Waals surface area contributed by atoms with Crippen molar-refractivity contribution in [2.24, 2.45) is 5.92 Å². The van der Waals surface area contributed by atoms with Crippen LogP contribution in [0.4, 0.5) is 0 Å². The molecule has 0 aliphatic carbocycles. The fraction of sp³-hybridized carbons (Fsp3) is 0.261. The first-order valence-electron chi connectivity index (χ1n) is 9.76. The van der Waals surface area contributed by atoms with Crippen LogP contribution in [0.15, 0.2) is 69.6 Å². The average Bonchev–Trinajstić information content (AvgIpc) is 3.35. The highest BCUT2D eigenvalue weighted by molar-refractivity contribution is 5.77. The Balaban J connectivity index is 1.55. The van der Waals surface area contributed by atoms with Crippen LogP contribution in [0.5, 0.6) is 0 Å². The molecule has 0 spiro atoms. The molecule has 0 saturated carbocycles. The Bertz CT molecular complexity index is 1050. The van der Waals surface area contributed by atoms with Crippen molar-refractivity contribution in [2.45, 2.75) is 33.4 Å². The summed E-state index contributed by atoms with van der Waals surface area (Å²) in [5, 5.41) is 16.2. The van der Waals surface area contributed by atoms with E-state index in [4.69, 9.17) is 8.94 Å². The summed E-state index contributed by atoms with van der Waals surface area (Å²) in [5.74, 6) is 2.02. The normalized spacial score (nSPS) is 12.4. The van der Waals surface area contributed by atoms with Gasteiger partial charge in [-0.15, -0.1) is 10.2 Å². The molecular weight excluding hydrogens is 364 g/mol. The van der Waals surface area contributed by atoms with Gasteiger partial charge < -0.3 is 14.3 Å². The minimum absolute atomic E-state index is 0.198. The highest BCUT2D eigenvalue weighted by Crippen LogP contribution is 2.33. The first kappa shape index (κ1) is 19.1. The molecule has 4 rings (SSSR count).